The molecule has 2 rings (SSSR count). The van der Waals surface area contributed by atoms with Crippen LogP contribution in [-0.4, -0.2) is 35.7 Å². The lowest BCUT2D eigenvalue weighted by atomic mass is 9.78. The predicted molar refractivity (Wildman–Crippen MR) is 117 cm³/mol. The summed E-state index contributed by atoms with van der Waals surface area (Å²) in [5, 5.41) is 9.76. The average molecular weight is 495 g/mol. The number of hydrogen-bond acceptors (Lipinski definition) is 3. The summed E-state index contributed by atoms with van der Waals surface area (Å²) in [6, 6.07) is 17.1. The third kappa shape index (κ3) is 6.22. The minimum atomic E-state index is -0.937. The van der Waals surface area contributed by atoms with Gasteiger partial charge in [0, 0.05) is 17.2 Å². The molecule has 0 spiro atoms. The molecule has 2 aromatic rings. The number of aliphatic carboxylic acids is 1. The molecule has 0 aliphatic carbocycles. The lowest BCUT2D eigenvalue weighted by molar-refractivity contribution is -0.143. The second-order valence-corrected chi connectivity index (χ2v) is 8.31. The van der Waals surface area contributed by atoms with Crippen LogP contribution < -0.4 is 0 Å². The van der Waals surface area contributed by atoms with Crippen molar-refractivity contribution in [3.63, 3.8) is 0 Å². The number of carboxylic acids is 1. The Kier molecular flexibility index (Phi) is 8.29. The Labute approximate surface area is 179 Å². The van der Waals surface area contributed by atoms with E-state index in [1.165, 1.54) is 4.90 Å². The van der Waals surface area contributed by atoms with E-state index in [0.717, 1.165) is 14.7 Å². The Bertz CT molecular complexity index is 796. The molecular formula is C22H26INO4. The monoisotopic (exact) mass is 495 g/mol. The van der Waals surface area contributed by atoms with Crippen molar-refractivity contribution in [2.45, 2.75) is 38.2 Å². The summed E-state index contributed by atoms with van der Waals surface area (Å²) in [5.41, 5.74) is 0.814. The average Bonchev–Trinajstić information content (AvgIpc) is 2.69. The Hall–Kier alpha value is -2.09. The van der Waals surface area contributed by atoms with Gasteiger partial charge < -0.3 is 14.7 Å². The number of benzene rings is 2. The highest BCUT2D eigenvalue weighted by atomic mass is 127. The molecular weight excluding hydrogens is 469 g/mol. The number of carbonyl (C=O) groups is 2. The standard InChI is InChI=1S/C22H26INO4/c1-22(20(25)26,18-11-8-12-19(23)15-18)13-6-7-14-24(2)21(27)28-16-17-9-4-3-5-10-17/h3-5,8-12,15H,6-7,13-14,16H2,1-2H3,(H,25,26). The fourth-order valence-corrected chi connectivity index (χ4v) is 3.50. The van der Waals surface area contributed by atoms with Crippen LogP contribution in [0.1, 0.15) is 37.3 Å². The maximum Gasteiger partial charge on any atom is 0.409 e. The van der Waals surface area contributed by atoms with E-state index in [4.69, 9.17) is 4.74 Å². The molecule has 0 radical (unpaired) electrons. The van der Waals surface area contributed by atoms with Gasteiger partial charge >= 0.3 is 12.1 Å². The molecule has 0 bridgehead atoms. The van der Waals surface area contributed by atoms with Gasteiger partial charge in [-0.05, 0) is 65.6 Å². The van der Waals surface area contributed by atoms with Crippen LogP contribution in [0.5, 0.6) is 0 Å². The predicted octanol–water partition coefficient (Wildman–Crippen LogP) is 5.07. The smallest absolute Gasteiger partial charge is 0.409 e. The first-order chi connectivity index (χ1) is 13.3. The van der Waals surface area contributed by atoms with Crippen LogP contribution in [-0.2, 0) is 21.6 Å². The summed E-state index contributed by atoms with van der Waals surface area (Å²) in [4.78, 5) is 25.5. The molecule has 0 aliphatic heterocycles. The molecule has 1 unspecified atom stereocenters. The minimum absolute atomic E-state index is 0.244. The maximum atomic E-state index is 12.1. The van der Waals surface area contributed by atoms with Crippen LogP contribution >= 0.6 is 22.6 Å². The van der Waals surface area contributed by atoms with Crippen molar-refractivity contribution in [3.05, 3.63) is 69.3 Å². The normalized spacial score (nSPS) is 12.8. The van der Waals surface area contributed by atoms with Crippen molar-refractivity contribution in [1.82, 2.24) is 4.90 Å². The molecule has 0 saturated carbocycles. The van der Waals surface area contributed by atoms with Gasteiger partial charge in [-0.15, -0.1) is 0 Å². The molecule has 1 amide bonds. The second-order valence-electron chi connectivity index (χ2n) is 7.07. The Morgan fingerprint density at radius 1 is 1.11 bits per heavy atom. The lowest BCUT2D eigenvalue weighted by Gasteiger charge is -2.26. The van der Waals surface area contributed by atoms with Gasteiger partial charge in [-0.25, -0.2) is 4.79 Å². The molecule has 0 aromatic heterocycles. The van der Waals surface area contributed by atoms with Gasteiger partial charge in [0.15, 0.2) is 0 Å². The molecule has 6 heteroatoms. The third-order valence-electron chi connectivity index (χ3n) is 4.87. The van der Waals surface area contributed by atoms with Crippen molar-refractivity contribution < 1.29 is 19.4 Å². The van der Waals surface area contributed by atoms with Gasteiger partial charge in [0.2, 0.25) is 0 Å². The van der Waals surface area contributed by atoms with Gasteiger partial charge in [0.1, 0.15) is 6.61 Å². The molecule has 2 aromatic carbocycles. The summed E-state index contributed by atoms with van der Waals surface area (Å²) < 4.78 is 6.32. The highest BCUT2D eigenvalue weighted by Crippen LogP contribution is 2.31. The van der Waals surface area contributed by atoms with Crippen LogP contribution in [0.25, 0.3) is 0 Å². The van der Waals surface area contributed by atoms with Crippen LogP contribution in [0.3, 0.4) is 0 Å². The zero-order chi connectivity index (χ0) is 20.6. The summed E-state index contributed by atoms with van der Waals surface area (Å²) in [6.07, 6.45) is 1.55. The first-order valence-corrected chi connectivity index (χ1v) is 10.3. The molecule has 0 saturated heterocycles. The van der Waals surface area contributed by atoms with E-state index in [2.05, 4.69) is 22.6 Å². The number of halogens is 1. The van der Waals surface area contributed by atoms with E-state index >= 15 is 0 Å². The van der Waals surface area contributed by atoms with E-state index in [1.54, 1.807) is 14.0 Å². The van der Waals surface area contributed by atoms with Crippen molar-refractivity contribution in [1.29, 1.82) is 0 Å². The Morgan fingerprint density at radius 2 is 1.82 bits per heavy atom. The number of nitrogens with zero attached hydrogens (tertiary/aromatic N) is 1. The minimum Gasteiger partial charge on any atom is -0.481 e. The van der Waals surface area contributed by atoms with E-state index in [0.29, 0.717) is 25.8 Å². The maximum absolute atomic E-state index is 12.1. The summed E-state index contributed by atoms with van der Waals surface area (Å²) in [7, 11) is 1.70. The molecule has 150 valence electrons. The molecule has 0 aliphatic rings. The number of amides is 1. The zero-order valence-electron chi connectivity index (χ0n) is 16.2. The van der Waals surface area contributed by atoms with Crippen molar-refractivity contribution >= 4 is 34.7 Å². The lowest BCUT2D eigenvalue weighted by Crippen LogP contribution is -2.33. The fourth-order valence-electron chi connectivity index (χ4n) is 2.95. The first-order valence-electron chi connectivity index (χ1n) is 9.24. The Morgan fingerprint density at radius 3 is 2.46 bits per heavy atom. The molecule has 0 heterocycles. The van der Waals surface area contributed by atoms with Gasteiger partial charge in [-0.3, -0.25) is 4.79 Å². The van der Waals surface area contributed by atoms with E-state index in [-0.39, 0.29) is 12.7 Å². The second kappa shape index (κ2) is 10.5. The number of carbonyl (C=O) groups excluding carboxylic acids is 1. The fraction of sp³-hybridized carbons (Fsp3) is 0.364. The summed E-state index contributed by atoms with van der Waals surface area (Å²) in [6.45, 7) is 2.53. The largest absolute Gasteiger partial charge is 0.481 e. The molecule has 1 N–H and O–H groups in total. The number of unbranched alkanes of at least 4 members (excludes halogenated alkanes) is 1. The van der Waals surface area contributed by atoms with Crippen molar-refractivity contribution in [2.24, 2.45) is 0 Å². The molecule has 5 nitrogen and oxygen atoms in total. The topological polar surface area (TPSA) is 66.8 Å². The summed E-state index contributed by atoms with van der Waals surface area (Å²) >= 11 is 2.19. The van der Waals surface area contributed by atoms with Crippen LogP contribution in [0.15, 0.2) is 54.6 Å². The molecule has 1 atom stereocenters. The van der Waals surface area contributed by atoms with Crippen molar-refractivity contribution in [3.8, 4) is 0 Å². The summed E-state index contributed by atoms with van der Waals surface area (Å²) in [5.74, 6) is -0.829. The van der Waals surface area contributed by atoms with Gasteiger partial charge in [0.05, 0.1) is 5.41 Å². The zero-order valence-corrected chi connectivity index (χ0v) is 18.4. The van der Waals surface area contributed by atoms with E-state index < -0.39 is 11.4 Å². The Balaban J connectivity index is 1.81. The molecule has 28 heavy (non-hydrogen) atoms. The van der Waals surface area contributed by atoms with Gasteiger partial charge in [-0.2, -0.15) is 0 Å². The molecule has 0 fully saturated rings. The quantitative estimate of drug-likeness (QED) is 0.390. The van der Waals surface area contributed by atoms with Gasteiger partial charge in [-0.1, -0.05) is 48.9 Å². The van der Waals surface area contributed by atoms with Crippen LogP contribution in [0.4, 0.5) is 4.79 Å². The number of ether oxygens (including phenoxy) is 1. The number of rotatable bonds is 9. The highest BCUT2D eigenvalue weighted by Gasteiger charge is 2.34. The van der Waals surface area contributed by atoms with Crippen LogP contribution in [0, 0.1) is 3.57 Å². The SMILES string of the molecule is CN(CCCCC(C)(C(=O)O)c1cccc(I)c1)C(=O)OCc1ccccc1. The number of hydrogen-bond donors (Lipinski definition) is 1. The highest BCUT2D eigenvalue weighted by molar-refractivity contribution is 14.1. The van der Waals surface area contributed by atoms with Gasteiger partial charge in [0.25, 0.3) is 0 Å². The number of carboxylic acid groups (broad SMARTS) is 1. The first kappa shape index (κ1) is 22.2. The third-order valence-corrected chi connectivity index (χ3v) is 5.54. The van der Waals surface area contributed by atoms with E-state index in [1.807, 2.05) is 54.6 Å². The van der Waals surface area contributed by atoms with Crippen LogP contribution in [0.2, 0.25) is 0 Å². The van der Waals surface area contributed by atoms with Crippen molar-refractivity contribution in [2.75, 3.05) is 13.6 Å². The van der Waals surface area contributed by atoms with E-state index in [9.17, 15) is 14.7 Å².